The summed E-state index contributed by atoms with van der Waals surface area (Å²) < 4.78 is 4.48. The summed E-state index contributed by atoms with van der Waals surface area (Å²) in [5.74, 6) is -1.39. The Kier molecular flexibility index (Phi) is 5.32. The molecule has 0 saturated carbocycles. The summed E-state index contributed by atoms with van der Waals surface area (Å²) in [6.45, 7) is 1.25. The van der Waals surface area contributed by atoms with E-state index in [9.17, 15) is 9.59 Å². The summed E-state index contributed by atoms with van der Waals surface area (Å²) in [7, 11) is 1.21. The number of aliphatic hydroxyl groups excluding tert-OH is 1. The van der Waals surface area contributed by atoms with Crippen LogP contribution in [-0.2, 0) is 14.3 Å². The summed E-state index contributed by atoms with van der Waals surface area (Å²) in [5, 5.41) is 11.5. The van der Waals surface area contributed by atoms with E-state index in [4.69, 9.17) is 5.11 Å². The van der Waals surface area contributed by atoms with E-state index < -0.39 is 24.5 Å². The molecule has 18 heavy (non-hydrogen) atoms. The number of rotatable bonds is 5. The highest BCUT2D eigenvalue weighted by Gasteiger charge is 2.23. The third-order valence-corrected chi connectivity index (χ3v) is 2.68. The molecule has 5 nitrogen and oxygen atoms in total. The summed E-state index contributed by atoms with van der Waals surface area (Å²) >= 11 is 0. The number of esters is 1. The van der Waals surface area contributed by atoms with Gasteiger partial charge in [-0.25, -0.2) is 4.79 Å². The van der Waals surface area contributed by atoms with Crippen molar-refractivity contribution in [2.75, 3.05) is 13.7 Å². The van der Waals surface area contributed by atoms with Crippen molar-refractivity contribution < 1.29 is 19.4 Å². The number of methoxy groups -OCH3 is 1. The van der Waals surface area contributed by atoms with Gasteiger partial charge in [-0.2, -0.15) is 0 Å². The van der Waals surface area contributed by atoms with Gasteiger partial charge in [0, 0.05) is 0 Å². The number of carbonyl (C=O) groups excluding carboxylic acids is 2. The molecule has 1 amide bonds. The first-order valence-corrected chi connectivity index (χ1v) is 5.64. The first kappa shape index (κ1) is 14.2. The molecule has 1 rings (SSSR count). The van der Waals surface area contributed by atoms with Gasteiger partial charge in [-0.1, -0.05) is 30.3 Å². The minimum atomic E-state index is -1.02. The van der Waals surface area contributed by atoms with Crippen LogP contribution in [0.1, 0.15) is 18.4 Å². The van der Waals surface area contributed by atoms with Crippen molar-refractivity contribution in [1.82, 2.24) is 5.32 Å². The fourth-order valence-electron chi connectivity index (χ4n) is 1.51. The van der Waals surface area contributed by atoms with Crippen molar-refractivity contribution in [3.63, 3.8) is 0 Å². The van der Waals surface area contributed by atoms with E-state index in [1.54, 1.807) is 6.92 Å². The molecule has 0 spiro atoms. The van der Waals surface area contributed by atoms with Gasteiger partial charge in [0.05, 0.1) is 19.6 Å². The highest BCUT2D eigenvalue weighted by molar-refractivity contribution is 5.88. The van der Waals surface area contributed by atoms with Crippen molar-refractivity contribution in [2.24, 2.45) is 0 Å². The van der Waals surface area contributed by atoms with Crippen molar-refractivity contribution in [1.29, 1.82) is 0 Å². The third kappa shape index (κ3) is 3.56. The van der Waals surface area contributed by atoms with Gasteiger partial charge in [0.25, 0.3) is 0 Å². The summed E-state index contributed by atoms with van der Waals surface area (Å²) in [4.78, 5) is 23.1. The van der Waals surface area contributed by atoms with Crippen LogP contribution in [0.3, 0.4) is 0 Å². The molecule has 0 aromatic heterocycles. The zero-order valence-corrected chi connectivity index (χ0v) is 10.4. The maximum atomic E-state index is 11.9. The van der Waals surface area contributed by atoms with Crippen LogP contribution in [-0.4, -0.2) is 36.7 Å². The summed E-state index contributed by atoms with van der Waals surface area (Å²) in [5.41, 5.74) is 0.844. The average molecular weight is 251 g/mol. The third-order valence-electron chi connectivity index (χ3n) is 2.68. The van der Waals surface area contributed by atoms with Gasteiger partial charge in [-0.3, -0.25) is 4.79 Å². The number of hydrogen-bond acceptors (Lipinski definition) is 4. The Hall–Kier alpha value is -1.88. The van der Waals surface area contributed by atoms with Crippen molar-refractivity contribution >= 4 is 11.9 Å². The Morgan fingerprint density at radius 3 is 2.44 bits per heavy atom. The maximum absolute atomic E-state index is 11.9. The molecule has 98 valence electrons. The fraction of sp³-hybridized carbons (Fsp3) is 0.385. The molecule has 5 heteroatoms. The quantitative estimate of drug-likeness (QED) is 0.745. The maximum Gasteiger partial charge on any atom is 0.330 e. The second kappa shape index (κ2) is 6.76. The molecule has 0 aliphatic heterocycles. The lowest BCUT2D eigenvalue weighted by Gasteiger charge is -2.17. The molecule has 1 aromatic carbocycles. The second-order valence-corrected chi connectivity index (χ2v) is 3.90. The van der Waals surface area contributed by atoms with Gasteiger partial charge in [-0.05, 0) is 12.5 Å². The van der Waals surface area contributed by atoms with Gasteiger partial charge < -0.3 is 15.2 Å². The van der Waals surface area contributed by atoms with E-state index in [1.165, 1.54) is 7.11 Å². The number of carbonyl (C=O) groups is 2. The minimum absolute atomic E-state index is 0.328. The predicted octanol–water partition coefficient (Wildman–Crippen LogP) is 0.440. The minimum Gasteiger partial charge on any atom is -0.467 e. The van der Waals surface area contributed by atoms with E-state index in [-0.39, 0.29) is 5.91 Å². The van der Waals surface area contributed by atoms with Crippen LogP contribution in [0.4, 0.5) is 0 Å². The summed E-state index contributed by atoms with van der Waals surface area (Å²) in [6, 6.07) is 8.17. The number of benzene rings is 1. The smallest absolute Gasteiger partial charge is 0.330 e. The van der Waals surface area contributed by atoms with E-state index in [0.717, 1.165) is 5.56 Å². The van der Waals surface area contributed by atoms with Crippen LogP contribution in [0.2, 0.25) is 0 Å². The Bertz CT molecular complexity index is 405. The lowest BCUT2D eigenvalue weighted by atomic mass is 10.0. The predicted molar refractivity (Wildman–Crippen MR) is 65.9 cm³/mol. The first-order chi connectivity index (χ1) is 8.60. The van der Waals surface area contributed by atoms with E-state index in [0.29, 0.717) is 0 Å². The monoisotopic (exact) mass is 251 g/mol. The molecule has 0 aliphatic carbocycles. The Morgan fingerprint density at radius 1 is 1.33 bits per heavy atom. The average Bonchev–Trinajstić information content (AvgIpc) is 2.43. The van der Waals surface area contributed by atoms with Crippen molar-refractivity contribution in [2.45, 2.75) is 18.9 Å². The molecular formula is C13H17NO4. The molecule has 0 bridgehead atoms. The standard InChI is InChI=1S/C13H17NO4/c1-9(10-6-4-3-5-7-10)12(16)14-11(8-15)13(17)18-2/h3-7,9,11,15H,8H2,1-2H3,(H,14,16)/t9-,11+/m1/s1. The lowest BCUT2D eigenvalue weighted by Crippen LogP contribution is -2.45. The van der Waals surface area contributed by atoms with Gasteiger partial charge in [-0.15, -0.1) is 0 Å². The zero-order valence-electron chi connectivity index (χ0n) is 10.4. The molecule has 0 fully saturated rings. The second-order valence-electron chi connectivity index (χ2n) is 3.90. The molecule has 0 unspecified atom stereocenters. The SMILES string of the molecule is COC(=O)[C@H](CO)NC(=O)[C@H](C)c1ccccc1. The summed E-state index contributed by atoms with van der Waals surface area (Å²) in [6.07, 6.45) is 0. The van der Waals surface area contributed by atoms with Crippen LogP contribution in [0.15, 0.2) is 30.3 Å². The van der Waals surface area contributed by atoms with Crippen molar-refractivity contribution in [3.05, 3.63) is 35.9 Å². The molecule has 1 aromatic rings. The molecule has 0 radical (unpaired) electrons. The van der Waals surface area contributed by atoms with Gasteiger partial charge in [0.2, 0.25) is 5.91 Å². The molecule has 0 saturated heterocycles. The van der Waals surface area contributed by atoms with E-state index in [2.05, 4.69) is 10.1 Å². The van der Waals surface area contributed by atoms with Crippen molar-refractivity contribution in [3.8, 4) is 0 Å². The Morgan fingerprint density at radius 2 is 1.94 bits per heavy atom. The molecule has 0 aliphatic rings. The highest BCUT2D eigenvalue weighted by Crippen LogP contribution is 2.14. The van der Waals surface area contributed by atoms with Gasteiger partial charge >= 0.3 is 5.97 Å². The van der Waals surface area contributed by atoms with Crippen LogP contribution in [0.5, 0.6) is 0 Å². The van der Waals surface area contributed by atoms with Crippen LogP contribution < -0.4 is 5.32 Å². The number of ether oxygens (including phenoxy) is 1. The van der Waals surface area contributed by atoms with Crippen LogP contribution >= 0.6 is 0 Å². The van der Waals surface area contributed by atoms with Gasteiger partial charge in [0.15, 0.2) is 6.04 Å². The number of aliphatic hydroxyl groups is 1. The highest BCUT2D eigenvalue weighted by atomic mass is 16.5. The van der Waals surface area contributed by atoms with E-state index in [1.807, 2.05) is 30.3 Å². The zero-order chi connectivity index (χ0) is 13.5. The normalized spacial score (nSPS) is 13.5. The van der Waals surface area contributed by atoms with Crippen LogP contribution in [0, 0.1) is 0 Å². The molecular weight excluding hydrogens is 234 g/mol. The molecule has 2 atom stereocenters. The van der Waals surface area contributed by atoms with Crippen LogP contribution in [0.25, 0.3) is 0 Å². The number of nitrogens with one attached hydrogen (secondary N) is 1. The molecule has 2 N–H and O–H groups in total. The lowest BCUT2D eigenvalue weighted by molar-refractivity contribution is -0.146. The number of amides is 1. The number of hydrogen-bond donors (Lipinski definition) is 2. The first-order valence-electron chi connectivity index (χ1n) is 5.64. The van der Waals surface area contributed by atoms with E-state index >= 15 is 0 Å². The fourth-order valence-corrected chi connectivity index (χ4v) is 1.51. The largest absolute Gasteiger partial charge is 0.467 e. The Labute approximate surface area is 106 Å². The topological polar surface area (TPSA) is 75.6 Å². The van der Waals surface area contributed by atoms with Gasteiger partial charge in [0.1, 0.15) is 0 Å². The Balaban J connectivity index is 2.67. The molecule has 0 heterocycles.